The number of hydrogen-bond donors (Lipinski definition) is 5. The molecule has 0 bridgehead atoms. The van der Waals surface area contributed by atoms with E-state index in [0.29, 0.717) is 0 Å². The Kier molecular flexibility index (Phi) is 6.30. The molecule has 0 spiro atoms. The van der Waals surface area contributed by atoms with Crippen LogP contribution in [0.25, 0.3) is 0 Å². The van der Waals surface area contributed by atoms with Crippen molar-refractivity contribution in [1.82, 2.24) is 0 Å². The topological polar surface area (TPSA) is 129 Å². The Morgan fingerprint density at radius 1 is 0.800 bits per heavy atom. The van der Waals surface area contributed by atoms with Crippen LogP contribution in [0.1, 0.15) is 55.4 Å². The van der Waals surface area contributed by atoms with E-state index in [9.17, 15) is 25.5 Å². The second-order valence-corrected chi connectivity index (χ2v) is 10.6. The Morgan fingerprint density at radius 3 is 1.67 bits per heavy atom. The molecule has 0 aromatic heterocycles. The highest BCUT2D eigenvalue weighted by atomic mass is 35.5. The zero-order chi connectivity index (χ0) is 23.8. The van der Waals surface area contributed by atoms with E-state index in [1.807, 2.05) is 0 Å². The van der Waals surface area contributed by atoms with Crippen LogP contribution in [-0.4, -0.2) is 89.1 Å². The fourth-order valence-corrected chi connectivity index (χ4v) is 5.31. The lowest BCUT2D eigenvalue weighted by Crippen LogP contribution is -2.79. The molecule has 0 aliphatic carbocycles. The van der Waals surface area contributed by atoms with Crippen molar-refractivity contribution < 1.29 is 39.7 Å². The molecule has 2 saturated heterocycles. The van der Waals surface area contributed by atoms with Crippen molar-refractivity contribution in [3.63, 3.8) is 0 Å². The summed E-state index contributed by atoms with van der Waals surface area (Å²) in [4.78, 5) is 0. The SMILES string of the molecule is C[C@@H]1C(C)(CO)O[C@](C)(O[C@]2(CCl)O[C@](C)(CCl)C(C)(O)C2(C)O)C(C)(O)C1(C)O. The molecule has 5 unspecified atom stereocenters. The van der Waals surface area contributed by atoms with Crippen molar-refractivity contribution in [2.24, 2.45) is 5.92 Å². The highest BCUT2D eigenvalue weighted by Gasteiger charge is 2.78. The molecule has 9 atom stereocenters. The molecule has 2 aliphatic rings. The minimum atomic E-state index is -2.11. The van der Waals surface area contributed by atoms with Crippen molar-refractivity contribution in [2.45, 2.75) is 101 Å². The zero-order valence-corrected chi connectivity index (χ0v) is 20.4. The Balaban J connectivity index is 2.67. The van der Waals surface area contributed by atoms with E-state index in [2.05, 4.69) is 0 Å². The van der Waals surface area contributed by atoms with Gasteiger partial charge in [0.15, 0.2) is 0 Å². The van der Waals surface area contributed by atoms with E-state index in [0.717, 1.165) is 0 Å². The monoisotopic (exact) mass is 474 g/mol. The lowest BCUT2D eigenvalue weighted by molar-refractivity contribution is -0.475. The van der Waals surface area contributed by atoms with Gasteiger partial charge in [0, 0.05) is 5.92 Å². The summed E-state index contributed by atoms with van der Waals surface area (Å²) in [5.41, 5.74) is -10.7. The predicted molar refractivity (Wildman–Crippen MR) is 111 cm³/mol. The van der Waals surface area contributed by atoms with Crippen molar-refractivity contribution in [3.8, 4) is 0 Å². The van der Waals surface area contributed by atoms with Crippen molar-refractivity contribution >= 4 is 23.2 Å². The Hall–Kier alpha value is 0.260. The van der Waals surface area contributed by atoms with Crippen LogP contribution in [0.5, 0.6) is 0 Å². The number of ether oxygens (including phenoxy) is 3. The number of alkyl halides is 2. The van der Waals surface area contributed by atoms with Gasteiger partial charge in [-0.1, -0.05) is 6.92 Å². The Bertz CT molecular complexity index is 684. The second-order valence-electron chi connectivity index (χ2n) is 10.1. The molecule has 0 aromatic carbocycles. The molecular formula is C20H36Cl2O8. The van der Waals surface area contributed by atoms with E-state index < -0.39 is 63.6 Å². The van der Waals surface area contributed by atoms with Crippen LogP contribution >= 0.6 is 23.2 Å². The van der Waals surface area contributed by atoms with Crippen molar-refractivity contribution in [2.75, 3.05) is 18.4 Å². The molecule has 0 radical (unpaired) electrons. The van der Waals surface area contributed by atoms with E-state index >= 15 is 0 Å². The van der Waals surface area contributed by atoms with Gasteiger partial charge < -0.3 is 39.7 Å². The summed E-state index contributed by atoms with van der Waals surface area (Å²) < 4.78 is 18.2. The fraction of sp³-hybridized carbons (Fsp3) is 1.00. The molecular weight excluding hydrogens is 439 g/mol. The first-order valence-electron chi connectivity index (χ1n) is 9.94. The van der Waals surface area contributed by atoms with Gasteiger partial charge in [0.2, 0.25) is 11.6 Å². The molecule has 0 amide bonds. The maximum Gasteiger partial charge on any atom is 0.217 e. The van der Waals surface area contributed by atoms with Crippen LogP contribution in [0.4, 0.5) is 0 Å². The molecule has 2 aliphatic heterocycles. The van der Waals surface area contributed by atoms with Gasteiger partial charge in [0.25, 0.3) is 0 Å². The van der Waals surface area contributed by atoms with E-state index in [1.165, 1.54) is 41.5 Å². The van der Waals surface area contributed by atoms with Crippen LogP contribution in [0, 0.1) is 5.92 Å². The number of hydrogen-bond acceptors (Lipinski definition) is 8. The van der Waals surface area contributed by atoms with Crippen LogP contribution < -0.4 is 0 Å². The van der Waals surface area contributed by atoms with Crippen LogP contribution in [0.3, 0.4) is 0 Å². The second kappa shape index (κ2) is 7.13. The number of rotatable bonds is 5. The average Bonchev–Trinajstić information content (AvgIpc) is 2.75. The van der Waals surface area contributed by atoms with Gasteiger partial charge >= 0.3 is 0 Å². The average molecular weight is 475 g/mol. The van der Waals surface area contributed by atoms with Gasteiger partial charge in [-0.2, -0.15) is 0 Å². The number of aliphatic hydroxyl groups is 5. The summed E-state index contributed by atoms with van der Waals surface area (Å²) in [6, 6.07) is 0. The van der Waals surface area contributed by atoms with Gasteiger partial charge in [-0.3, -0.25) is 0 Å². The summed E-state index contributed by atoms with van der Waals surface area (Å²) in [5.74, 6) is -5.50. The molecule has 2 rings (SSSR count). The van der Waals surface area contributed by atoms with Crippen LogP contribution in [-0.2, 0) is 14.2 Å². The van der Waals surface area contributed by atoms with Gasteiger partial charge in [-0.15, -0.1) is 23.2 Å². The first kappa shape index (κ1) is 26.5. The third-order valence-electron chi connectivity index (χ3n) is 8.27. The van der Waals surface area contributed by atoms with Gasteiger partial charge in [0.1, 0.15) is 28.0 Å². The highest BCUT2D eigenvalue weighted by Crippen LogP contribution is 2.58. The molecule has 2 fully saturated rings. The van der Waals surface area contributed by atoms with Crippen LogP contribution in [0.2, 0.25) is 0 Å². The van der Waals surface area contributed by atoms with E-state index in [-0.39, 0.29) is 5.88 Å². The normalized spacial score (nSPS) is 59.5. The van der Waals surface area contributed by atoms with Gasteiger partial charge in [-0.25, -0.2) is 0 Å². The van der Waals surface area contributed by atoms with Gasteiger partial charge in [0.05, 0.1) is 24.0 Å². The van der Waals surface area contributed by atoms with E-state index in [4.69, 9.17) is 37.4 Å². The lowest BCUT2D eigenvalue weighted by Gasteiger charge is -2.63. The summed E-state index contributed by atoms with van der Waals surface area (Å²) in [6.45, 7) is 11.0. The maximum absolute atomic E-state index is 11.4. The summed E-state index contributed by atoms with van der Waals surface area (Å²) in [5, 5.41) is 55.2. The molecule has 10 heteroatoms. The predicted octanol–water partition coefficient (Wildman–Crippen LogP) is 1.10. The van der Waals surface area contributed by atoms with Crippen LogP contribution in [0.15, 0.2) is 0 Å². The van der Waals surface area contributed by atoms with Crippen molar-refractivity contribution in [3.05, 3.63) is 0 Å². The largest absolute Gasteiger partial charge is 0.393 e. The highest BCUT2D eigenvalue weighted by molar-refractivity contribution is 6.19. The standard InChI is InChI=1S/C20H36Cl2O8/c1-12-13(2,11-23)28-19(8,17(6,26)15(12,4)24)30-20(10-22)18(7,27)16(5,25)14(3,9-21)29-20/h12,23-27H,9-11H2,1-8H3/t12-,13?,14-,15?,16?,17?,18?,19-,20+/m1/s1. The lowest BCUT2D eigenvalue weighted by atomic mass is 9.64. The minimum absolute atomic E-state index is 0.199. The molecule has 178 valence electrons. The Labute approximate surface area is 188 Å². The third kappa shape index (κ3) is 2.96. The molecule has 0 aromatic rings. The maximum atomic E-state index is 11.4. The third-order valence-corrected chi connectivity index (χ3v) is 9.13. The molecule has 2 heterocycles. The quantitative estimate of drug-likeness (QED) is 0.374. The van der Waals surface area contributed by atoms with Crippen molar-refractivity contribution in [1.29, 1.82) is 0 Å². The molecule has 0 saturated carbocycles. The van der Waals surface area contributed by atoms with Gasteiger partial charge in [-0.05, 0) is 48.5 Å². The summed E-state index contributed by atoms with van der Waals surface area (Å²) in [7, 11) is 0. The fourth-order valence-electron chi connectivity index (χ4n) is 4.62. The molecule has 5 N–H and O–H groups in total. The number of halogens is 2. The Morgan fingerprint density at radius 2 is 1.30 bits per heavy atom. The number of aliphatic hydroxyl groups excluding tert-OH is 1. The zero-order valence-electron chi connectivity index (χ0n) is 18.9. The first-order valence-corrected chi connectivity index (χ1v) is 11.0. The molecule has 30 heavy (non-hydrogen) atoms. The minimum Gasteiger partial charge on any atom is -0.393 e. The summed E-state index contributed by atoms with van der Waals surface area (Å²) >= 11 is 12.3. The summed E-state index contributed by atoms with van der Waals surface area (Å²) in [6.07, 6.45) is 0. The molecule has 8 nitrogen and oxygen atoms in total. The smallest absolute Gasteiger partial charge is 0.217 e. The van der Waals surface area contributed by atoms with E-state index in [1.54, 1.807) is 13.8 Å². The first-order chi connectivity index (χ1) is 13.2.